The zero-order valence-electron chi connectivity index (χ0n) is 9.77. The summed E-state index contributed by atoms with van der Waals surface area (Å²) in [5.74, 6) is 0. The van der Waals surface area contributed by atoms with E-state index in [2.05, 4.69) is 0 Å². The van der Waals surface area contributed by atoms with Crippen molar-refractivity contribution >= 4 is 44.3 Å². The van der Waals surface area contributed by atoms with Gasteiger partial charge in [0.05, 0.1) is 22.7 Å². The quantitative estimate of drug-likeness (QED) is 0.356. The number of anilines is 4. The van der Waals surface area contributed by atoms with Gasteiger partial charge >= 0.3 is 0 Å². The SMILES string of the molecule is Nc1ccc2cc3c(N)c(N)ccc3cc2c1N. The minimum absolute atomic E-state index is 0.588. The molecule has 0 aliphatic rings. The number of hydrogen-bond acceptors (Lipinski definition) is 4. The number of benzene rings is 3. The summed E-state index contributed by atoms with van der Waals surface area (Å²) in [6.07, 6.45) is 0. The van der Waals surface area contributed by atoms with Crippen LogP contribution in [0.15, 0.2) is 36.4 Å². The molecule has 0 aliphatic carbocycles. The highest BCUT2D eigenvalue weighted by Gasteiger charge is 2.07. The van der Waals surface area contributed by atoms with Gasteiger partial charge in [-0.1, -0.05) is 12.1 Å². The Morgan fingerprint density at radius 2 is 0.944 bits per heavy atom. The fourth-order valence-electron chi connectivity index (χ4n) is 2.23. The third-order valence-electron chi connectivity index (χ3n) is 3.31. The van der Waals surface area contributed by atoms with Crippen LogP contribution in [0.2, 0.25) is 0 Å². The average molecular weight is 238 g/mol. The molecule has 4 nitrogen and oxygen atoms in total. The molecule has 0 amide bonds. The molecule has 0 aliphatic heterocycles. The van der Waals surface area contributed by atoms with E-state index in [0.717, 1.165) is 21.5 Å². The first kappa shape index (κ1) is 10.5. The Balaban J connectivity index is 2.51. The van der Waals surface area contributed by atoms with Crippen LogP contribution in [0.1, 0.15) is 0 Å². The third-order valence-corrected chi connectivity index (χ3v) is 3.31. The number of fused-ring (bicyclic) bond motifs is 2. The van der Waals surface area contributed by atoms with E-state index < -0.39 is 0 Å². The molecule has 0 spiro atoms. The lowest BCUT2D eigenvalue weighted by molar-refractivity contribution is 1.70. The Morgan fingerprint density at radius 3 is 1.33 bits per heavy atom. The van der Waals surface area contributed by atoms with Gasteiger partial charge in [0.1, 0.15) is 0 Å². The molecule has 3 rings (SSSR count). The van der Waals surface area contributed by atoms with E-state index in [1.807, 2.05) is 24.3 Å². The van der Waals surface area contributed by atoms with Gasteiger partial charge in [-0.25, -0.2) is 0 Å². The van der Waals surface area contributed by atoms with E-state index in [9.17, 15) is 0 Å². The standard InChI is InChI=1S/C14H14N4/c15-11-3-1-7-5-10-8(6-9(7)13(11)17)2-4-12(16)14(10)18/h1-6H,15-18H2. The molecule has 0 fully saturated rings. The molecule has 0 bridgehead atoms. The van der Waals surface area contributed by atoms with Gasteiger partial charge < -0.3 is 22.9 Å². The van der Waals surface area contributed by atoms with Crippen LogP contribution >= 0.6 is 0 Å². The van der Waals surface area contributed by atoms with E-state index in [1.165, 1.54) is 0 Å². The molecule has 3 aromatic rings. The smallest absolute Gasteiger partial charge is 0.0627 e. The zero-order valence-corrected chi connectivity index (χ0v) is 9.77. The molecule has 8 N–H and O–H groups in total. The van der Waals surface area contributed by atoms with Crippen LogP contribution in [0.4, 0.5) is 22.7 Å². The van der Waals surface area contributed by atoms with Crippen LogP contribution < -0.4 is 22.9 Å². The lowest BCUT2D eigenvalue weighted by Crippen LogP contribution is -1.97. The van der Waals surface area contributed by atoms with Gasteiger partial charge in [0, 0.05) is 10.8 Å². The molecule has 0 heterocycles. The maximum absolute atomic E-state index is 6.00. The van der Waals surface area contributed by atoms with E-state index >= 15 is 0 Å². The first-order valence-electron chi connectivity index (χ1n) is 5.63. The van der Waals surface area contributed by atoms with E-state index in [0.29, 0.717) is 22.7 Å². The van der Waals surface area contributed by atoms with Crippen LogP contribution in [0, 0.1) is 0 Å². The Labute approximate surface area is 104 Å². The van der Waals surface area contributed by atoms with Crippen molar-refractivity contribution in [1.29, 1.82) is 0 Å². The van der Waals surface area contributed by atoms with Crippen molar-refractivity contribution < 1.29 is 0 Å². The lowest BCUT2D eigenvalue weighted by Gasteiger charge is -2.10. The first-order valence-corrected chi connectivity index (χ1v) is 5.63. The summed E-state index contributed by atoms with van der Waals surface area (Å²) in [5, 5.41) is 3.89. The topological polar surface area (TPSA) is 104 Å². The summed E-state index contributed by atoms with van der Waals surface area (Å²) in [5.41, 5.74) is 26.0. The molecule has 0 atom stereocenters. The highest BCUT2D eigenvalue weighted by atomic mass is 14.7. The number of nitrogens with two attached hydrogens (primary N) is 4. The number of nitrogen functional groups attached to an aromatic ring is 4. The lowest BCUT2D eigenvalue weighted by atomic mass is 10.00. The summed E-state index contributed by atoms with van der Waals surface area (Å²) in [4.78, 5) is 0. The van der Waals surface area contributed by atoms with Crippen molar-refractivity contribution in [1.82, 2.24) is 0 Å². The van der Waals surface area contributed by atoms with Crippen LogP contribution in [0.5, 0.6) is 0 Å². The summed E-state index contributed by atoms with van der Waals surface area (Å²) in [6, 6.07) is 11.4. The van der Waals surface area contributed by atoms with Crippen molar-refractivity contribution in [2.75, 3.05) is 22.9 Å². The van der Waals surface area contributed by atoms with Crippen molar-refractivity contribution in [3.8, 4) is 0 Å². The predicted octanol–water partition coefficient (Wildman–Crippen LogP) is 2.32. The van der Waals surface area contributed by atoms with Crippen LogP contribution in [0.25, 0.3) is 21.5 Å². The van der Waals surface area contributed by atoms with Gasteiger partial charge in [-0.2, -0.15) is 0 Å². The van der Waals surface area contributed by atoms with Crippen LogP contribution in [0.3, 0.4) is 0 Å². The molecular weight excluding hydrogens is 224 g/mol. The van der Waals surface area contributed by atoms with E-state index in [-0.39, 0.29) is 0 Å². The molecule has 4 heteroatoms. The highest BCUT2D eigenvalue weighted by molar-refractivity contribution is 6.10. The Hall–Kier alpha value is -2.62. The Morgan fingerprint density at radius 1 is 0.556 bits per heavy atom. The third kappa shape index (κ3) is 1.32. The maximum Gasteiger partial charge on any atom is 0.0627 e. The highest BCUT2D eigenvalue weighted by Crippen LogP contribution is 2.34. The Kier molecular flexibility index (Phi) is 2.01. The molecule has 0 saturated carbocycles. The zero-order chi connectivity index (χ0) is 12.9. The second kappa shape index (κ2) is 3.43. The van der Waals surface area contributed by atoms with Gasteiger partial charge in [0.2, 0.25) is 0 Å². The second-order valence-electron chi connectivity index (χ2n) is 4.43. The fraction of sp³-hybridized carbons (Fsp3) is 0. The van der Waals surface area contributed by atoms with Gasteiger partial charge in [0.25, 0.3) is 0 Å². The molecular formula is C14H14N4. The maximum atomic E-state index is 6.00. The van der Waals surface area contributed by atoms with Gasteiger partial charge in [-0.15, -0.1) is 0 Å². The van der Waals surface area contributed by atoms with Crippen molar-refractivity contribution in [2.24, 2.45) is 0 Å². The predicted molar refractivity (Wildman–Crippen MR) is 79.1 cm³/mol. The minimum atomic E-state index is 0.588. The van der Waals surface area contributed by atoms with E-state index in [4.69, 9.17) is 22.9 Å². The molecule has 0 saturated heterocycles. The Bertz CT molecular complexity index is 710. The molecule has 0 radical (unpaired) electrons. The molecule has 18 heavy (non-hydrogen) atoms. The van der Waals surface area contributed by atoms with Crippen LogP contribution in [-0.2, 0) is 0 Å². The summed E-state index contributed by atoms with van der Waals surface area (Å²) in [7, 11) is 0. The number of hydrogen-bond donors (Lipinski definition) is 4. The summed E-state index contributed by atoms with van der Waals surface area (Å²) in [6.45, 7) is 0. The monoisotopic (exact) mass is 238 g/mol. The minimum Gasteiger partial charge on any atom is -0.397 e. The molecule has 90 valence electrons. The van der Waals surface area contributed by atoms with Crippen LogP contribution in [-0.4, -0.2) is 0 Å². The molecule has 0 aromatic heterocycles. The second-order valence-corrected chi connectivity index (χ2v) is 4.43. The molecule has 0 unspecified atom stereocenters. The first-order chi connectivity index (χ1) is 8.58. The van der Waals surface area contributed by atoms with Crippen molar-refractivity contribution in [3.05, 3.63) is 36.4 Å². The largest absolute Gasteiger partial charge is 0.397 e. The van der Waals surface area contributed by atoms with Gasteiger partial charge in [-0.05, 0) is 35.0 Å². The fourth-order valence-corrected chi connectivity index (χ4v) is 2.23. The van der Waals surface area contributed by atoms with Crippen molar-refractivity contribution in [2.45, 2.75) is 0 Å². The molecule has 3 aromatic carbocycles. The number of rotatable bonds is 0. The van der Waals surface area contributed by atoms with Gasteiger partial charge in [-0.3, -0.25) is 0 Å². The average Bonchev–Trinajstić information content (AvgIpc) is 2.38. The van der Waals surface area contributed by atoms with Crippen molar-refractivity contribution in [3.63, 3.8) is 0 Å². The normalized spacial score (nSPS) is 11.1. The van der Waals surface area contributed by atoms with Gasteiger partial charge in [0.15, 0.2) is 0 Å². The summed E-state index contributed by atoms with van der Waals surface area (Å²) >= 11 is 0. The summed E-state index contributed by atoms with van der Waals surface area (Å²) < 4.78 is 0. The van der Waals surface area contributed by atoms with E-state index in [1.54, 1.807) is 12.1 Å².